The molecule has 0 aliphatic rings. The van der Waals surface area contributed by atoms with Crippen molar-refractivity contribution in [2.45, 2.75) is 24.8 Å². The van der Waals surface area contributed by atoms with Gasteiger partial charge in [0.1, 0.15) is 11.5 Å². The molecule has 0 radical (unpaired) electrons. The fourth-order valence-electron chi connectivity index (χ4n) is 1.72. The van der Waals surface area contributed by atoms with Crippen molar-refractivity contribution in [1.82, 2.24) is 5.32 Å². The van der Waals surface area contributed by atoms with Crippen LogP contribution in [0.3, 0.4) is 0 Å². The van der Waals surface area contributed by atoms with E-state index in [0.717, 1.165) is 20.9 Å². The lowest BCUT2D eigenvalue weighted by Crippen LogP contribution is -2.26. The van der Waals surface area contributed by atoms with Gasteiger partial charge in [-0.2, -0.15) is 0 Å². The Kier molecular flexibility index (Phi) is 4.37. The highest BCUT2D eigenvalue weighted by Crippen LogP contribution is 2.22. The van der Waals surface area contributed by atoms with Crippen molar-refractivity contribution < 1.29 is 9.21 Å². The van der Waals surface area contributed by atoms with Gasteiger partial charge in [0.2, 0.25) is 0 Å². The Bertz CT molecular complexity index is 609. The van der Waals surface area contributed by atoms with Crippen LogP contribution >= 0.6 is 28.6 Å². The molecule has 0 aliphatic heterocycles. The van der Waals surface area contributed by atoms with E-state index in [0.29, 0.717) is 5.56 Å². The van der Waals surface area contributed by atoms with Crippen molar-refractivity contribution in [1.29, 1.82) is 0 Å². The summed E-state index contributed by atoms with van der Waals surface area (Å²) in [5.74, 6) is 1.41. The molecule has 1 amide bonds. The molecule has 1 aromatic heterocycles. The Balaban J connectivity index is 2.15. The van der Waals surface area contributed by atoms with E-state index in [1.807, 2.05) is 32.0 Å². The summed E-state index contributed by atoms with van der Waals surface area (Å²) in [5.41, 5.74) is 0.558. The van der Waals surface area contributed by atoms with Gasteiger partial charge in [0.05, 0.1) is 11.6 Å². The van der Waals surface area contributed by atoms with Crippen LogP contribution in [0.1, 0.15) is 34.8 Å². The van der Waals surface area contributed by atoms with Crippen LogP contribution < -0.4 is 5.32 Å². The molecule has 5 heteroatoms. The van der Waals surface area contributed by atoms with Crippen LogP contribution in [0.2, 0.25) is 0 Å². The number of benzene rings is 1. The highest BCUT2D eigenvalue weighted by Gasteiger charge is 2.16. The van der Waals surface area contributed by atoms with E-state index in [9.17, 15) is 4.79 Å². The Morgan fingerprint density at radius 1 is 1.37 bits per heavy atom. The lowest BCUT2D eigenvalue weighted by molar-refractivity contribution is 0.0934. The van der Waals surface area contributed by atoms with E-state index in [1.54, 1.807) is 12.1 Å². The van der Waals surface area contributed by atoms with Gasteiger partial charge in [0, 0.05) is 9.37 Å². The van der Waals surface area contributed by atoms with E-state index in [2.05, 4.69) is 33.9 Å². The van der Waals surface area contributed by atoms with Crippen molar-refractivity contribution in [2.75, 3.05) is 0 Å². The molecule has 1 aromatic carbocycles. The average Bonchev–Trinajstić information content (AvgIpc) is 2.79. The summed E-state index contributed by atoms with van der Waals surface area (Å²) < 4.78 is 6.24. The van der Waals surface area contributed by atoms with E-state index >= 15 is 0 Å². The van der Waals surface area contributed by atoms with Gasteiger partial charge in [-0.1, -0.05) is 0 Å². The standard InChI is InChI=1S/C14H14BrNO2S/c1-8-3-6-13(18-8)9(2)16-14(17)11-7-10(19)4-5-12(11)15/h3-7,9,19H,1-2H3,(H,16,17). The number of hydrogen-bond donors (Lipinski definition) is 2. The Hall–Kier alpha value is -1.20. The highest BCUT2D eigenvalue weighted by atomic mass is 79.9. The van der Waals surface area contributed by atoms with Gasteiger partial charge in [0.25, 0.3) is 5.91 Å². The zero-order valence-corrected chi connectivity index (χ0v) is 13.1. The number of thiol groups is 1. The predicted molar refractivity (Wildman–Crippen MR) is 80.7 cm³/mol. The Morgan fingerprint density at radius 3 is 2.74 bits per heavy atom. The van der Waals surface area contributed by atoms with Gasteiger partial charge in [-0.3, -0.25) is 4.79 Å². The maximum absolute atomic E-state index is 12.2. The molecule has 1 atom stereocenters. The van der Waals surface area contributed by atoms with Gasteiger partial charge < -0.3 is 9.73 Å². The van der Waals surface area contributed by atoms with E-state index < -0.39 is 0 Å². The van der Waals surface area contributed by atoms with Gasteiger partial charge in [-0.15, -0.1) is 12.6 Å². The number of nitrogens with one attached hydrogen (secondary N) is 1. The summed E-state index contributed by atoms with van der Waals surface area (Å²) in [4.78, 5) is 12.9. The van der Waals surface area contributed by atoms with Crippen LogP contribution in [-0.2, 0) is 0 Å². The second-order valence-electron chi connectivity index (χ2n) is 4.31. The minimum Gasteiger partial charge on any atom is -0.464 e. The van der Waals surface area contributed by atoms with Gasteiger partial charge in [0.15, 0.2) is 0 Å². The molecule has 0 aliphatic carbocycles. The molecule has 100 valence electrons. The highest BCUT2D eigenvalue weighted by molar-refractivity contribution is 9.10. The van der Waals surface area contributed by atoms with Crippen molar-refractivity contribution in [3.63, 3.8) is 0 Å². The fraction of sp³-hybridized carbons (Fsp3) is 0.214. The summed E-state index contributed by atoms with van der Waals surface area (Å²) in [5, 5.41) is 2.90. The predicted octanol–water partition coefficient (Wildman–Crippen LogP) is 4.13. The number of aryl methyl sites for hydroxylation is 1. The van der Waals surface area contributed by atoms with E-state index in [4.69, 9.17) is 4.42 Å². The summed E-state index contributed by atoms with van der Waals surface area (Å²) >= 11 is 7.60. The van der Waals surface area contributed by atoms with Gasteiger partial charge in [-0.25, -0.2) is 0 Å². The number of carbonyl (C=O) groups excluding carboxylic acids is 1. The maximum atomic E-state index is 12.2. The number of halogens is 1. The number of rotatable bonds is 3. The first-order valence-corrected chi connectivity index (χ1v) is 7.07. The summed E-state index contributed by atoms with van der Waals surface area (Å²) in [6.45, 7) is 3.76. The Labute approximate surface area is 125 Å². The topological polar surface area (TPSA) is 42.2 Å². The third-order valence-corrected chi connectivity index (χ3v) is 3.70. The van der Waals surface area contributed by atoms with Crippen LogP contribution in [0.25, 0.3) is 0 Å². The SMILES string of the molecule is Cc1ccc(C(C)NC(=O)c2cc(S)ccc2Br)o1. The summed E-state index contributed by atoms with van der Waals surface area (Å²) in [7, 11) is 0. The maximum Gasteiger partial charge on any atom is 0.253 e. The molecule has 0 fully saturated rings. The van der Waals surface area contributed by atoms with Crippen molar-refractivity contribution in [2.24, 2.45) is 0 Å². The molecule has 2 rings (SSSR count). The third-order valence-electron chi connectivity index (χ3n) is 2.73. The lowest BCUT2D eigenvalue weighted by atomic mass is 10.2. The smallest absolute Gasteiger partial charge is 0.253 e. The first kappa shape index (κ1) is 14.2. The average molecular weight is 340 g/mol. The molecule has 1 N–H and O–H groups in total. The lowest BCUT2D eigenvalue weighted by Gasteiger charge is -2.12. The fourth-order valence-corrected chi connectivity index (χ4v) is 2.35. The normalized spacial score (nSPS) is 12.2. The molecule has 1 unspecified atom stereocenters. The number of furan rings is 1. The van der Waals surface area contributed by atoms with Crippen LogP contribution in [0.5, 0.6) is 0 Å². The van der Waals surface area contributed by atoms with Gasteiger partial charge in [-0.05, 0) is 60.1 Å². The molecule has 3 nitrogen and oxygen atoms in total. The largest absolute Gasteiger partial charge is 0.464 e. The first-order valence-electron chi connectivity index (χ1n) is 5.83. The van der Waals surface area contributed by atoms with Crippen LogP contribution in [0.15, 0.2) is 44.1 Å². The Morgan fingerprint density at radius 2 is 2.11 bits per heavy atom. The number of hydrogen-bond acceptors (Lipinski definition) is 3. The first-order chi connectivity index (χ1) is 8.97. The molecule has 0 spiro atoms. The van der Waals surface area contributed by atoms with Gasteiger partial charge >= 0.3 is 0 Å². The molecular weight excluding hydrogens is 326 g/mol. The molecule has 19 heavy (non-hydrogen) atoms. The van der Waals surface area contributed by atoms with Crippen LogP contribution in [0, 0.1) is 6.92 Å². The monoisotopic (exact) mass is 339 g/mol. The third kappa shape index (κ3) is 3.42. The summed E-state index contributed by atoms with van der Waals surface area (Å²) in [6.07, 6.45) is 0. The van der Waals surface area contributed by atoms with Crippen LogP contribution in [0.4, 0.5) is 0 Å². The summed E-state index contributed by atoms with van der Waals surface area (Å²) in [6, 6.07) is 8.91. The molecule has 2 aromatic rings. The molecule has 0 bridgehead atoms. The minimum absolute atomic E-state index is 0.163. The zero-order chi connectivity index (χ0) is 14.0. The quantitative estimate of drug-likeness (QED) is 0.825. The van der Waals surface area contributed by atoms with E-state index in [-0.39, 0.29) is 11.9 Å². The molecule has 0 saturated carbocycles. The molecule has 0 saturated heterocycles. The van der Waals surface area contributed by atoms with Crippen LogP contribution in [-0.4, -0.2) is 5.91 Å². The second kappa shape index (κ2) is 5.84. The van der Waals surface area contributed by atoms with Crippen molar-refractivity contribution >= 4 is 34.5 Å². The minimum atomic E-state index is -0.184. The molecule has 1 heterocycles. The number of amides is 1. The van der Waals surface area contributed by atoms with E-state index in [1.165, 1.54) is 0 Å². The number of carbonyl (C=O) groups is 1. The van der Waals surface area contributed by atoms with Crippen molar-refractivity contribution in [3.8, 4) is 0 Å². The van der Waals surface area contributed by atoms with Crippen molar-refractivity contribution in [3.05, 3.63) is 51.9 Å². The molecular formula is C14H14BrNO2S. The zero-order valence-electron chi connectivity index (χ0n) is 10.6. The second-order valence-corrected chi connectivity index (χ2v) is 5.68.